The summed E-state index contributed by atoms with van der Waals surface area (Å²) in [7, 11) is 1.37. The number of pyridine rings is 1. The molecule has 22 heavy (non-hydrogen) atoms. The Morgan fingerprint density at radius 1 is 1.27 bits per heavy atom. The molecule has 0 atom stereocenters. The standard InChI is InChI=1S/C13H8ClF2NO4.Li/c1-20-12-8(14)2-6(5-17-12)21-11-4-9(15)7(13(18)19)3-10(11)16;/h2-5H,1H3,(H,18,19);. The molecule has 1 radical (unpaired) electrons. The summed E-state index contributed by atoms with van der Waals surface area (Å²) in [6.45, 7) is 0. The molecule has 5 nitrogen and oxygen atoms in total. The first-order valence-electron chi connectivity index (χ1n) is 5.52. The van der Waals surface area contributed by atoms with Crippen molar-refractivity contribution in [3.05, 3.63) is 46.6 Å². The van der Waals surface area contributed by atoms with E-state index in [0.29, 0.717) is 12.1 Å². The fourth-order valence-electron chi connectivity index (χ4n) is 1.51. The Labute approximate surface area is 141 Å². The Kier molecular flexibility index (Phi) is 6.18. The van der Waals surface area contributed by atoms with Crippen LogP contribution in [0.4, 0.5) is 8.78 Å². The maximum Gasteiger partial charge on any atom is 0.338 e. The van der Waals surface area contributed by atoms with Gasteiger partial charge in [-0.15, -0.1) is 0 Å². The maximum atomic E-state index is 13.7. The van der Waals surface area contributed by atoms with Gasteiger partial charge in [0.05, 0.1) is 18.9 Å². The van der Waals surface area contributed by atoms with Gasteiger partial charge >= 0.3 is 5.97 Å². The van der Waals surface area contributed by atoms with Crippen molar-refractivity contribution in [3.63, 3.8) is 0 Å². The van der Waals surface area contributed by atoms with Crippen LogP contribution in [0, 0.1) is 11.6 Å². The summed E-state index contributed by atoms with van der Waals surface area (Å²) in [4.78, 5) is 14.5. The second-order valence-electron chi connectivity index (χ2n) is 3.83. The molecule has 1 N–H and O–H groups in total. The molecule has 0 bridgehead atoms. The minimum Gasteiger partial charge on any atom is -0.480 e. The minimum absolute atomic E-state index is 0. The van der Waals surface area contributed by atoms with Crippen LogP contribution in [-0.4, -0.2) is 42.0 Å². The van der Waals surface area contributed by atoms with Crippen molar-refractivity contribution in [1.82, 2.24) is 4.98 Å². The van der Waals surface area contributed by atoms with E-state index in [-0.39, 0.29) is 35.5 Å². The van der Waals surface area contributed by atoms with Crippen molar-refractivity contribution in [2.24, 2.45) is 0 Å². The van der Waals surface area contributed by atoms with E-state index in [1.165, 1.54) is 19.4 Å². The Balaban J connectivity index is 0.00000242. The summed E-state index contributed by atoms with van der Waals surface area (Å²) in [6, 6.07) is 2.47. The predicted octanol–water partition coefficient (Wildman–Crippen LogP) is 3.13. The first-order valence-corrected chi connectivity index (χ1v) is 5.90. The van der Waals surface area contributed by atoms with Crippen LogP contribution in [0.2, 0.25) is 5.02 Å². The molecule has 9 heteroatoms. The third-order valence-electron chi connectivity index (χ3n) is 2.46. The zero-order valence-corrected chi connectivity index (χ0v) is 12.3. The largest absolute Gasteiger partial charge is 0.480 e. The second-order valence-corrected chi connectivity index (χ2v) is 4.24. The van der Waals surface area contributed by atoms with E-state index >= 15 is 0 Å². The monoisotopic (exact) mass is 322 g/mol. The van der Waals surface area contributed by atoms with Gasteiger partial charge in [-0.2, -0.15) is 0 Å². The van der Waals surface area contributed by atoms with E-state index in [9.17, 15) is 13.6 Å². The summed E-state index contributed by atoms with van der Waals surface area (Å²) >= 11 is 5.82. The number of ether oxygens (including phenoxy) is 2. The van der Waals surface area contributed by atoms with Crippen molar-refractivity contribution in [3.8, 4) is 17.4 Å². The van der Waals surface area contributed by atoms with E-state index in [4.69, 9.17) is 26.2 Å². The molecule has 0 unspecified atom stereocenters. The van der Waals surface area contributed by atoms with Crippen LogP contribution in [0.5, 0.6) is 17.4 Å². The Morgan fingerprint density at radius 3 is 2.50 bits per heavy atom. The summed E-state index contributed by atoms with van der Waals surface area (Å²) in [5, 5.41) is 8.80. The number of benzene rings is 1. The Hall–Kier alpha value is -1.81. The van der Waals surface area contributed by atoms with Gasteiger partial charge in [0, 0.05) is 31.0 Å². The zero-order chi connectivity index (χ0) is 15.6. The van der Waals surface area contributed by atoms with Crippen molar-refractivity contribution in [2.75, 3.05) is 7.11 Å². The molecule has 2 rings (SSSR count). The number of carboxylic acids is 1. The van der Waals surface area contributed by atoms with E-state index in [1.54, 1.807) is 0 Å². The third-order valence-corrected chi connectivity index (χ3v) is 2.73. The molecule has 111 valence electrons. The first-order chi connectivity index (χ1) is 9.92. The molecule has 0 aliphatic carbocycles. The Bertz CT molecular complexity index is 715. The summed E-state index contributed by atoms with van der Waals surface area (Å²) < 4.78 is 37.1. The molecule has 1 aromatic heterocycles. The number of halogens is 3. The average Bonchev–Trinajstić information content (AvgIpc) is 2.42. The van der Waals surface area contributed by atoms with Gasteiger partial charge < -0.3 is 14.6 Å². The normalized spacial score (nSPS) is 9.82. The summed E-state index contributed by atoms with van der Waals surface area (Å²) in [5.74, 6) is -4.01. The van der Waals surface area contributed by atoms with Crippen molar-refractivity contribution in [1.29, 1.82) is 0 Å². The van der Waals surface area contributed by atoms with Crippen LogP contribution in [0.25, 0.3) is 0 Å². The van der Waals surface area contributed by atoms with Gasteiger partial charge in [-0.3, -0.25) is 0 Å². The van der Waals surface area contributed by atoms with E-state index in [2.05, 4.69) is 4.98 Å². The quantitative estimate of drug-likeness (QED) is 0.876. The summed E-state index contributed by atoms with van der Waals surface area (Å²) in [5.41, 5.74) is -0.786. The summed E-state index contributed by atoms with van der Waals surface area (Å²) in [6.07, 6.45) is 1.20. The topological polar surface area (TPSA) is 68.7 Å². The first kappa shape index (κ1) is 18.2. The number of aromatic nitrogens is 1. The van der Waals surface area contributed by atoms with E-state index < -0.39 is 28.9 Å². The van der Waals surface area contributed by atoms with Gasteiger partial charge in [0.1, 0.15) is 16.6 Å². The molecule has 0 amide bonds. The molecular formula is C13H8ClF2LiNO4. The van der Waals surface area contributed by atoms with Crippen LogP contribution in [0.15, 0.2) is 24.4 Å². The zero-order valence-electron chi connectivity index (χ0n) is 11.6. The fourth-order valence-corrected chi connectivity index (χ4v) is 1.74. The number of aromatic carboxylic acids is 1. The number of hydrogen-bond acceptors (Lipinski definition) is 4. The molecule has 0 saturated heterocycles. The van der Waals surface area contributed by atoms with Crippen molar-refractivity contribution in [2.45, 2.75) is 0 Å². The van der Waals surface area contributed by atoms with E-state index in [0.717, 1.165) is 0 Å². The van der Waals surface area contributed by atoms with Gasteiger partial charge in [0.15, 0.2) is 11.6 Å². The number of methoxy groups -OCH3 is 1. The van der Waals surface area contributed by atoms with Crippen molar-refractivity contribution >= 4 is 36.4 Å². The number of carboxylic acid groups (broad SMARTS) is 1. The molecule has 1 aromatic carbocycles. The van der Waals surface area contributed by atoms with Crippen LogP contribution in [0.1, 0.15) is 10.4 Å². The fraction of sp³-hybridized carbons (Fsp3) is 0.0769. The molecule has 2 aromatic rings. The van der Waals surface area contributed by atoms with Gasteiger partial charge in [0.2, 0.25) is 5.88 Å². The number of nitrogens with zero attached hydrogens (tertiary/aromatic N) is 1. The maximum absolute atomic E-state index is 13.7. The smallest absolute Gasteiger partial charge is 0.338 e. The Morgan fingerprint density at radius 2 is 1.95 bits per heavy atom. The van der Waals surface area contributed by atoms with Crippen LogP contribution in [-0.2, 0) is 0 Å². The molecule has 0 aliphatic rings. The molecular weight excluding hydrogens is 315 g/mol. The second kappa shape index (κ2) is 7.45. The van der Waals surface area contributed by atoms with Crippen LogP contribution in [0.3, 0.4) is 0 Å². The van der Waals surface area contributed by atoms with Gasteiger partial charge in [0.25, 0.3) is 0 Å². The molecule has 0 spiro atoms. The van der Waals surface area contributed by atoms with Crippen LogP contribution < -0.4 is 9.47 Å². The van der Waals surface area contributed by atoms with Gasteiger partial charge in [-0.05, 0) is 6.07 Å². The van der Waals surface area contributed by atoms with Gasteiger partial charge in [-0.25, -0.2) is 18.6 Å². The molecule has 0 aliphatic heterocycles. The van der Waals surface area contributed by atoms with Gasteiger partial charge in [-0.1, -0.05) is 11.6 Å². The molecule has 0 saturated carbocycles. The number of hydrogen-bond donors (Lipinski definition) is 1. The van der Waals surface area contributed by atoms with E-state index in [1.807, 2.05) is 0 Å². The minimum atomic E-state index is -1.58. The van der Waals surface area contributed by atoms with Crippen LogP contribution >= 0.6 is 11.6 Å². The SMILES string of the molecule is COc1ncc(Oc2cc(F)c(C(=O)O)cc2F)cc1Cl.[Li]. The predicted molar refractivity (Wildman–Crippen MR) is 74.9 cm³/mol. The molecule has 1 heterocycles. The third kappa shape index (κ3) is 3.89. The average molecular weight is 323 g/mol. The number of carbonyl (C=O) groups is 1. The van der Waals surface area contributed by atoms with Crippen molar-refractivity contribution < 1.29 is 28.2 Å². The number of rotatable bonds is 4. The molecule has 0 fully saturated rings.